The molecule has 1 heterocycles. The Morgan fingerprint density at radius 3 is 2.07 bits per heavy atom. The molecule has 0 radical (unpaired) electrons. The van der Waals surface area contributed by atoms with Crippen molar-refractivity contribution >= 4 is 25.6 Å². The van der Waals surface area contributed by atoms with E-state index in [0.717, 1.165) is 0 Å². The van der Waals surface area contributed by atoms with Crippen molar-refractivity contribution in [2.45, 2.75) is 34.8 Å². The van der Waals surface area contributed by atoms with Crippen LogP contribution in [0.4, 0.5) is 0 Å². The minimum Gasteiger partial charge on any atom is -0.295 e. The molecule has 0 amide bonds. The molecule has 2 aromatic carbocycles. The molecule has 1 aliphatic heterocycles. The highest BCUT2D eigenvalue weighted by atomic mass is 32.2. The van der Waals surface area contributed by atoms with E-state index in [0.29, 0.717) is 5.56 Å². The molecule has 0 aromatic heterocycles. The highest BCUT2D eigenvalue weighted by Gasteiger charge is 2.35. The Balaban J connectivity index is 1.77. The van der Waals surface area contributed by atoms with Crippen LogP contribution >= 0.6 is 0 Å². The Morgan fingerprint density at radius 1 is 0.889 bits per heavy atom. The molecule has 0 unspecified atom stereocenters. The number of carbonyl (C=O) groups excluding carboxylic acids is 1. The third-order valence-corrected chi connectivity index (χ3v) is 8.96. The van der Waals surface area contributed by atoms with Gasteiger partial charge in [-0.05, 0) is 44.0 Å². The summed E-state index contributed by atoms with van der Waals surface area (Å²) in [5, 5.41) is -0.602. The van der Waals surface area contributed by atoms with Gasteiger partial charge in [0.1, 0.15) is 0 Å². The molecule has 0 aliphatic carbocycles. The summed E-state index contributed by atoms with van der Waals surface area (Å²) in [6.45, 7) is 1.64. The maximum absolute atomic E-state index is 12.9. The molecule has 1 saturated heterocycles. The maximum atomic E-state index is 12.9. The van der Waals surface area contributed by atoms with E-state index in [1.807, 2.05) is 0 Å². The Kier molecular flexibility index (Phi) is 5.50. The van der Waals surface area contributed by atoms with Crippen LogP contribution < -0.4 is 0 Å². The van der Waals surface area contributed by atoms with Crippen molar-refractivity contribution in [3.8, 4) is 0 Å². The lowest BCUT2D eigenvalue weighted by Crippen LogP contribution is -2.42. The summed E-state index contributed by atoms with van der Waals surface area (Å²) in [5.41, 5.74) is 0.331. The van der Waals surface area contributed by atoms with Crippen LogP contribution in [0.1, 0.15) is 30.1 Å². The molecule has 27 heavy (non-hydrogen) atoms. The van der Waals surface area contributed by atoms with E-state index in [2.05, 4.69) is 0 Å². The summed E-state index contributed by atoms with van der Waals surface area (Å²) in [7, 11) is -7.25. The predicted octanol–water partition coefficient (Wildman–Crippen LogP) is 2.52. The Hall–Kier alpha value is -2.03. The first-order valence-electron chi connectivity index (χ1n) is 8.63. The minimum atomic E-state index is -3.77. The third-order valence-electron chi connectivity index (χ3n) is 4.79. The highest BCUT2D eigenvalue weighted by molar-refractivity contribution is 7.92. The van der Waals surface area contributed by atoms with E-state index >= 15 is 0 Å². The average molecular weight is 408 g/mol. The van der Waals surface area contributed by atoms with Gasteiger partial charge in [0.25, 0.3) is 0 Å². The number of carbonyl (C=O) groups is 1. The van der Waals surface area contributed by atoms with E-state index in [1.54, 1.807) is 36.4 Å². The van der Waals surface area contributed by atoms with E-state index in [4.69, 9.17) is 0 Å². The molecular formula is C19H21NO5S2. The highest BCUT2D eigenvalue weighted by Crippen LogP contribution is 2.27. The van der Waals surface area contributed by atoms with Crippen molar-refractivity contribution in [3.05, 3.63) is 60.2 Å². The molecule has 3 rings (SSSR count). The molecular weight excluding hydrogens is 386 g/mol. The van der Waals surface area contributed by atoms with Crippen LogP contribution in [0, 0.1) is 0 Å². The second kappa shape index (κ2) is 7.53. The number of hydrogen-bond acceptors (Lipinski definition) is 5. The molecule has 1 fully saturated rings. The summed E-state index contributed by atoms with van der Waals surface area (Å²) in [5.74, 6) is -0.209. The zero-order valence-electron chi connectivity index (χ0n) is 14.9. The lowest BCUT2D eigenvalue weighted by molar-refractivity contribution is 0.101. The van der Waals surface area contributed by atoms with Gasteiger partial charge in [-0.15, -0.1) is 0 Å². The van der Waals surface area contributed by atoms with E-state index < -0.39 is 25.1 Å². The van der Waals surface area contributed by atoms with Crippen molar-refractivity contribution in [1.82, 2.24) is 4.31 Å². The number of piperidine rings is 1. The van der Waals surface area contributed by atoms with Gasteiger partial charge in [-0.1, -0.05) is 30.3 Å². The van der Waals surface area contributed by atoms with Gasteiger partial charge < -0.3 is 0 Å². The summed E-state index contributed by atoms with van der Waals surface area (Å²) < 4.78 is 52.5. The molecule has 0 bridgehead atoms. The fourth-order valence-corrected chi connectivity index (χ4v) is 6.48. The van der Waals surface area contributed by atoms with Crippen LogP contribution in [0.5, 0.6) is 0 Å². The van der Waals surface area contributed by atoms with Crippen LogP contribution in [0.25, 0.3) is 0 Å². The first kappa shape index (κ1) is 19.7. The smallest absolute Gasteiger partial charge is 0.243 e. The molecule has 0 atom stereocenters. The van der Waals surface area contributed by atoms with Crippen molar-refractivity contribution < 1.29 is 21.6 Å². The number of sulfone groups is 1. The van der Waals surface area contributed by atoms with Crippen LogP contribution in [0.3, 0.4) is 0 Å². The Morgan fingerprint density at radius 2 is 1.48 bits per heavy atom. The summed E-state index contributed by atoms with van der Waals surface area (Å²) in [4.78, 5) is 11.8. The molecule has 1 aliphatic rings. The molecule has 0 saturated carbocycles. The second-order valence-corrected chi connectivity index (χ2v) is 10.7. The molecule has 0 N–H and O–H groups in total. The van der Waals surface area contributed by atoms with Gasteiger partial charge in [0.15, 0.2) is 15.6 Å². The zero-order chi connectivity index (χ0) is 19.7. The predicted molar refractivity (Wildman–Crippen MR) is 102 cm³/mol. The summed E-state index contributed by atoms with van der Waals surface area (Å²) in [6, 6.07) is 14.2. The lowest BCUT2D eigenvalue weighted by Gasteiger charge is -2.31. The van der Waals surface area contributed by atoms with Crippen LogP contribution in [0.15, 0.2) is 64.4 Å². The standard InChI is InChI=1S/C19H21NO5S2/c1-15(21)16-6-5-9-19(14-16)27(24,25)20-12-10-18(11-13-20)26(22,23)17-7-3-2-4-8-17/h2-9,14,18H,10-13H2,1H3. The van der Waals surface area contributed by atoms with Crippen molar-refractivity contribution in [1.29, 1.82) is 0 Å². The number of benzene rings is 2. The first-order valence-corrected chi connectivity index (χ1v) is 11.6. The van der Waals surface area contributed by atoms with Crippen molar-refractivity contribution in [3.63, 3.8) is 0 Å². The number of rotatable bonds is 5. The third kappa shape index (κ3) is 3.97. The number of sulfonamides is 1. The molecule has 0 spiro atoms. The summed E-state index contributed by atoms with van der Waals surface area (Å²) in [6.07, 6.45) is 0.478. The van der Waals surface area contributed by atoms with E-state index in [9.17, 15) is 21.6 Å². The monoisotopic (exact) mass is 407 g/mol. The molecule has 8 heteroatoms. The van der Waals surface area contributed by atoms with Crippen LogP contribution in [0.2, 0.25) is 0 Å². The molecule has 2 aromatic rings. The number of nitrogens with zero attached hydrogens (tertiary/aromatic N) is 1. The average Bonchev–Trinajstić information content (AvgIpc) is 2.69. The lowest BCUT2D eigenvalue weighted by atomic mass is 10.2. The fraction of sp³-hybridized carbons (Fsp3) is 0.316. The van der Waals surface area contributed by atoms with Crippen LogP contribution in [-0.2, 0) is 19.9 Å². The van der Waals surface area contributed by atoms with Gasteiger partial charge in [0, 0.05) is 18.7 Å². The molecule has 144 valence electrons. The fourth-order valence-electron chi connectivity index (χ4n) is 3.21. The topological polar surface area (TPSA) is 88.6 Å². The number of ketones is 1. The van der Waals surface area contributed by atoms with E-state index in [-0.39, 0.29) is 41.5 Å². The van der Waals surface area contributed by atoms with Gasteiger partial charge in [-0.3, -0.25) is 4.79 Å². The SMILES string of the molecule is CC(=O)c1cccc(S(=O)(=O)N2CCC(S(=O)(=O)c3ccccc3)CC2)c1. The molecule has 6 nitrogen and oxygen atoms in total. The van der Waals surface area contributed by atoms with Gasteiger partial charge in [-0.25, -0.2) is 16.8 Å². The normalized spacial score (nSPS) is 16.9. The number of hydrogen-bond donors (Lipinski definition) is 0. The van der Waals surface area contributed by atoms with Crippen molar-refractivity contribution in [2.24, 2.45) is 0 Å². The quantitative estimate of drug-likeness (QED) is 0.711. The number of Topliss-reactive ketones (excluding diaryl/α,β-unsaturated/α-hetero) is 1. The van der Waals surface area contributed by atoms with Crippen LogP contribution in [-0.4, -0.2) is 45.3 Å². The Bertz CT molecular complexity index is 1040. The van der Waals surface area contributed by atoms with Gasteiger partial charge in [0.05, 0.1) is 15.0 Å². The largest absolute Gasteiger partial charge is 0.295 e. The van der Waals surface area contributed by atoms with Crippen molar-refractivity contribution in [2.75, 3.05) is 13.1 Å². The minimum absolute atomic E-state index is 0.0552. The summed E-state index contributed by atoms with van der Waals surface area (Å²) >= 11 is 0. The maximum Gasteiger partial charge on any atom is 0.243 e. The second-order valence-electron chi connectivity index (χ2n) is 6.55. The van der Waals surface area contributed by atoms with Gasteiger partial charge >= 0.3 is 0 Å². The first-order chi connectivity index (χ1) is 12.7. The van der Waals surface area contributed by atoms with Gasteiger partial charge in [0.2, 0.25) is 10.0 Å². The van der Waals surface area contributed by atoms with Gasteiger partial charge in [-0.2, -0.15) is 4.31 Å². The Labute approximate surface area is 159 Å². The zero-order valence-corrected chi connectivity index (χ0v) is 16.5. The van der Waals surface area contributed by atoms with E-state index in [1.165, 1.54) is 29.4 Å².